The molecule has 1 aliphatic heterocycles. The smallest absolute Gasteiger partial charge is 0.270 e. The first-order valence-electron chi connectivity index (χ1n) is 9.42. The second-order valence-corrected chi connectivity index (χ2v) is 7.56. The zero-order valence-corrected chi connectivity index (χ0v) is 14.6. The zero-order valence-electron chi connectivity index (χ0n) is 14.6. The van der Waals surface area contributed by atoms with E-state index in [-0.39, 0.29) is 18.4 Å². The highest BCUT2D eigenvalue weighted by molar-refractivity contribution is 5.94. The van der Waals surface area contributed by atoms with Gasteiger partial charge in [0.2, 0.25) is 5.91 Å². The topological polar surface area (TPSA) is 65.5 Å². The lowest BCUT2D eigenvalue weighted by atomic mass is 9.93. The Morgan fingerprint density at radius 2 is 1.96 bits per heavy atom. The van der Waals surface area contributed by atoms with Gasteiger partial charge >= 0.3 is 0 Å². The Balaban J connectivity index is 1.22. The molecule has 6 heteroatoms. The van der Waals surface area contributed by atoms with Crippen LogP contribution >= 0.6 is 0 Å². The van der Waals surface area contributed by atoms with Gasteiger partial charge in [-0.3, -0.25) is 19.5 Å². The highest BCUT2D eigenvalue weighted by Crippen LogP contribution is 2.46. The van der Waals surface area contributed by atoms with Gasteiger partial charge in [-0.15, -0.1) is 0 Å². The van der Waals surface area contributed by atoms with Gasteiger partial charge in [-0.05, 0) is 43.2 Å². The molecule has 2 amide bonds. The van der Waals surface area contributed by atoms with E-state index in [4.69, 9.17) is 0 Å². The predicted molar refractivity (Wildman–Crippen MR) is 94.0 cm³/mol. The van der Waals surface area contributed by atoms with E-state index in [1.807, 2.05) is 4.90 Å². The highest BCUT2D eigenvalue weighted by Gasteiger charge is 2.42. The van der Waals surface area contributed by atoms with Gasteiger partial charge < -0.3 is 10.2 Å². The van der Waals surface area contributed by atoms with Crippen molar-refractivity contribution in [3.05, 3.63) is 30.1 Å². The lowest BCUT2D eigenvalue weighted by Crippen LogP contribution is -2.54. The number of rotatable bonds is 4. The first kappa shape index (κ1) is 16.5. The molecule has 1 saturated heterocycles. The van der Waals surface area contributed by atoms with Crippen molar-refractivity contribution >= 4 is 11.8 Å². The summed E-state index contributed by atoms with van der Waals surface area (Å²) >= 11 is 0. The number of nitrogens with zero attached hydrogens (tertiary/aromatic N) is 3. The molecule has 0 unspecified atom stereocenters. The minimum Gasteiger partial charge on any atom is -0.342 e. The van der Waals surface area contributed by atoms with Crippen molar-refractivity contribution in [3.63, 3.8) is 0 Å². The van der Waals surface area contributed by atoms with Gasteiger partial charge in [0.15, 0.2) is 0 Å². The van der Waals surface area contributed by atoms with Crippen LogP contribution in [-0.4, -0.2) is 65.4 Å². The summed E-state index contributed by atoms with van der Waals surface area (Å²) in [5.74, 6) is 1.55. The summed E-state index contributed by atoms with van der Waals surface area (Å²) in [6.07, 6.45) is 7.18. The highest BCUT2D eigenvalue weighted by atomic mass is 16.2. The van der Waals surface area contributed by atoms with E-state index < -0.39 is 0 Å². The van der Waals surface area contributed by atoms with Crippen LogP contribution in [-0.2, 0) is 4.79 Å². The van der Waals surface area contributed by atoms with E-state index >= 15 is 0 Å². The average molecular weight is 342 g/mol. The Bertz CT molecular complexity index is 628. The molecule has 25 heavy (non-hydrogen) atoms. The molecule has 6 nitrogen and oxygen atoms in total. The molecule has 134 valence electrons. The molecule has 2 saturated carbocycles. The van der Waals surface area contributed by atoms with Gasteiger partial charge in [0.1, 0.15) is 5.69 Å². The number of amides is 2. The van der Waals surface area contributed by atoms with E-state index in [9.17, 15) is 9.59 Å². The number of aromatic nitrogens is 1. The standard InChI is InChI=1S/C19H26N4O2/c24-18(13-21-19(25)16-3-1-2-6-20-16)23-9-7-22(8-10-23)17-12-14-4-5-15(17)11-14/h1-3,6,14-15,17H,4-5,7-13H2,(H,21,25)/t14-,15-,17+/m1/s1. The molecule has 2 heterocycles. The third-order valence-electron chi connectivity index (χ3n) is 6.13. The van der Waals surface area contributed by atoms with Crippen LogP contribution in [0.4, 0.5) is 0 Å². The van der Waals surface area contributed by atoms with Crippen LogP contribution in [0.15, 0.2) is 24.4 Å². The van der Waals surface area contributed by atoms with E-state index in [1.165, 1.54) is 25.7 Å². The molecule has 1 aromatic rings. The second-order valence-electron chi connectivity index (χ2n) is 7.56. The number of hydrogen-bond donors (Lipinski definition) is 1. The van der Waals surface area contributed by atoms with E-state index in [2.05, 4.69) is 15.2 Å². The van der Waals surface area contributed by atoms with Gasteiger partial charge in [-0.25, -0.2) is 0 Å². The Morgan fingerprint density at radius 3 is 2.60 bits per heavy atom. The third kappa shape index (κ3) is 3.54. The average Bonchev–Trinajstić information content (AvgIpc) is 3.30. The van der Waals surface area contributed by atoms with Crippen molar-refractivity contribution < 1.29 is 9.59 Å². The summed E-state index contributed by atoms with van der Waals surface area (Å²) in [7, 11) is 0. The molecular weight excluding hydrogens is 316 g/mol. The summed E-state index contributed by atoms with van der Waals surface area (Å²) < 4.78 is 0. The molecule has 3 aliphatic rings. The number of hydrogen-bond acceptors (Lipinski definition) is 4. The molecule has 2 bridgehead atoms. The monoisotopic (exact) mass is 342 g/mol. The lowest BCUT2D eigenvalue weighted by molar-refractivity contribution is -0.132. The van der Waals surface area contributed by atoms with Crippen LogP contribution in [0.5, 0.6) is 0 Å². The molecule has 1 N–H and O–H groups in total. The third-order valence-corrected chi connectivity index (χ3v) is 6.13. The van der Waals surface area contributed by atoms with Crippen LogP contribution in [0.3, 0.4) is 0 Å². The summed E-state index contributed by atoms with van der Waals surface area (Å²) in [5.41, 5.74) is 0.344. The van der Waals surface area contributed by atoms with Crippen molar-refractivity contribution in [3.8, 4) is 0 Å². The minimum atomic E-state index is -0.297. The number of carbonyl (C=O) groups is 2. The van der Waals surface area contributed by atoms with Crippen LogP contribution in [0, 0.1) is 11.8 Å². The molecule has 3 atom stereocenters. The van der Waals surface area contributed by atoms with Crippen LogP contribution in [0.25, 0.3) is 0 Å². The first-order chi connectivity index (χ1) is 12.2. The SMILES string of the molecule is O=C(NCC(=O)N1CCN([C@H]2C[C@@H]3CC[C@@H]2C3)CC1)c1ccccn1. The van der Waals surface area contributed by atoms with Crippen molar-refractivity contribution in [1.29, 1.82) is 0 Å². The summed E-state index contributed by atoms with van der Waals surface area (Å²) in [6.45, 7) is 3.52. The van der Waals surface area contributed by atoms with E-state index in [0.717, 1.165) is 44.1 Å². The van der Waals surface area contributed by atoms with Crippen molar-refractivity contribution in [1.82, 2.24) is 20.1 Å². The zero-order chi connectivity index (χ0) is 17.2. The molecule has 0 spiro atoms. The van der Waals surface area contributed by atoms with Crippen LogP contribution in [0.1, 0.15) is 36.2 Å². The maximum absolute atomic E-state index is 12.4. The summed E-state index contributed by atoms with van der Waals surface area (Å²) in [6, 6.07) is 5.92. The van der Waals surface area contributed by atoms with Gasteiger partial charge in [-0.2, -0.15) is 0 Å². The van der Waals surface area contributed by atoms with Gasteiger partial charge in [0.25, 0.3) is 5.91 Å². The number of pyridine rings is 1. The van der Waals surface area contributed by atoms with E-state index in [1.54, 1.807) is 24.4 Å². The maximum Gasteiger partial charge on any atom is 0.270 e. The fourth-order valence-corrected chi connectivity index (χ4v) is 4.82. The second kappa shape index (κ2) is 7.12. The summed E-state index contributed by atoms with van der Waals surface area (Å²) in [5, 5.41) is 2.68. The van der Waals surface area contributed by atoms with Gasteiger partial charge in [0, 0.05) is 38.4 Å². The molecule has 2 aliphatic carbocycles. The predicted octanol–water partition coefficient (Wildman–Crippen LogP) is 1.14. The fourth-order valence-electron chi connectivity index (χ4n) is 4.82. The first-order valence-corrected chi connectivity index (χ1v) is 9.42. The molecule has 0 aromatic carbocycles. The normalized spacial score (nSPS) is 29.0. The van der Waals surface area contributed by atoms with Crippen molar-refractivity contribution in [2.24, 2.45) is 11.8 Å². The van der Waals surface area contributed by atoms with Crippen molar-refractivity contribution in [2.45, 2.75) is 31.7 Å². The van der Waals surface area contributed by atoms with Crippen LogP contribution < -0.4 is 5.32 Å². The minimum absolute atomic E-state index is 0.00289. The van der Waals surface area contributed by atoms with Crippen molar-refractivity contribution in [2.75, 3.05) is 32.7 Å². The van der Waals surface area contributed by atoms with Gasteiger partial charge in [0.05, 0.1) is 6.54 Å². The molecule has 3 fully saturated rings. The van der Waals surface area contributed by atoms with Gasteiger partial charge in [-0.1, -0.05) is 12.5 Å². The van der Waals surface area contributed by atoms with Crippen LogP contribution in [0.2, 0.25) is 0 Å². The Hall–Kier alpha value is -1.95. The number of nitrogens with one attached hydrogen (secondary N) is 1. The number of piperazine rings is 1. The largest absolute Gasteiger partial charge is 0.342 e. The lowest BCUT2D eigenvalue weighted by Gasteiger charge is -2.41. The molecule has 4 rings (SSSR count). The summed E-state index contributed by atoms with van der Waals surface area (Å²) in [4.78, 5) is 32.8. The molecule has 0 radical (unpaired) electrons. The number of carbonyl (C=O) groups excluding carboxylic acids is 2. The maximum atomic E-state index is 12.4. The number of fused-ring (bicyclic) bond motifs is 2. The Morgan fingerprint density at radius 1 is 1.12 bits per heavy atom. The van der Waals surface area contributed by atoms with E-state index in [0.29, 0.717) is 5.69 Å². The molecule has 1 aromatic heterocycles. The fraction of sp³-hybridized carbons (Fsp3) is 0.632. The Kier molecular flexibility index (Phi) is 4.70. The quantitative estimate of drug-likeness (QED) is 0.891. The Labute approximate surface area is 148 Å². The molecular formula is C19H26N4O2.